The van der Waals surface area contributed by atoms with E-state index in [1.165, 1.54) is 24.4 Å². The lowest BCUT2D eigenvalue weighted by Gasteiger charge is -2.08. The van der Waals surface area contributed by atoms with Gasteiger partial charge in [0.2, 0.25) is 0 Å². The Labute approximate surface area is 102 Å². The van der Waals surface area contributed by atoms with Gasteiger partial charge in [0.05, 0.1) is 16.3 Å². The van der Waals surface area contributed by atoms with Crippen LogP contribution in [0.2, 0.25) is 5.02 Å². The second kappa shape index (κ2) is 4.81. The van der Waals surface area contributed by atoms with E-state index in [1.54, 1.807) is 12.1 Å². The number of benzene rings is 1. The first kappa shape index (κ1) is 11.4. The SMILES string of the molecule is N#Cc1cccnc1Nc1cc(F)ccc1Cl. The lowest BCUT2D eigenvalue weighted by molar-refractivity contribution is 0.628. The third-order valence-corrected chi connectivity index (χ3v) is 2.44. The molecule has 1 aromatic heterocycles. The van der Waals surface area contributed by atoms with Crippen LogP contribution in [-0.4, -0.2) is 4.98 Å². The number of nitrogens with zero attached hydrogens (tertiary/aromatic N) is 2. The molecule has 1 aromatic carbocycles. The van der Waals surface area contributed by atoms with Crippen molar-refractivity contribution in [3.8, 4) is 6.07 Å². The molecule has 0 aliphatic carbocycles. The molecule has 1 N–H and O–H groups in total. The van der Waals surface area contributed by atoms with Crippen LogP contribution in [0.4, 0.5) is 15.9 Å². The Morgan fingerprint density at radius 1 is 1.35 bits per heavy atom. The quantitative estimate of drug-likeness (QED) is 0.884. The predicted molar refractivity (Wildman–Crippen MR) is 63.6 cm³/mol. The van der Waals surface area contributed by atoms with E-state index in [9.17, 15) is 4.39 Å². The number of halogens is 2. The molecule has 0 saturated carbocycles. The summed E-state index contributed by atoms with van der Waals surface area (Å²) in [4.78, 5) is 4.00. The number of pyridine rings is 1. The lowest BCUT2D eigenvalue weighted by atomic mass is 10.2. The smallest absolute Gasteiger partial charge is 0.148 e. The van der Waals surface area contributed by atoms with Gasteiger partial charge < -0.3 is 5.32 Å². The molecular formula is C12H7ClFN3. The van der Waals surface area contributed by atoms with E-state index in [0.717, 1.165) is 0 Å². The van der Waals surface area contributed by atoms with E-state index in [1.807, 2.05) is 6.07 Å². The molecule has 0 unspecified atom stereocenters. The summed E-state index contributed by atoms with van der Waals surface area (Å²) >= 11 is 5.90. The molecule has 84 valence electrons. The van der Waals surface area contributed by atoms with Gasteiger partial charge in [-0.05, 0) is 30.3 Å². The van der Waals surface area contributed by atoms with Crippen molar-refractivity contribution in [2.75, 3.05) is 5.32 Å². The van der Waals surface area contributed by atoms with Crippen molar-refractivity contribution in [2.24, 2.45) is 0 Å². The standard InChI is InChI=1S/C12H7ClFN3/c13-10-4-3-9(14)6-11(10)17-12-8(7-15)2-1-5-16-12/h1-6H,(H,16,17). The summed E-state index contributed by atoms with van der Waals surface area (Å²) in [6, 6.07) is 9.20. The van der Waals surface area contributed by atoms with Crippen LogP contribution in [0, 0.1) is 17.1 Å². The Kier molecular flexibility index (Phi) is 3.22. The van der Waals surface area contributed by atoms with Crippen molar-refractivity contribution in [3.63, 3.8) is 0 Å². The van der Waals surface area contributed by atoms with Crippen molar-refractivity contribution in [2.45, 2.75) is 0 Å². The maximum absolute atomic E-state index is 13.0. The van der Waals surface area contributed by atoms with Gasteiger partial charge in [-0.15, -0.1) is 0 Å². The summed E-state index contributed by atoms with van der Waals surface area (Å²) < 4.78 is 13.0. The van der Waals surface area contributed by atoms with Crippen LogP contribution in [0.15, 0.2) is 36.5 Å². The van der Waals surface area contributed by atoms with Gasteiger partial charge in [0.1, 0.15) is 17.7 Å². The summed E-state index contributed by atoms with van der Waals surface area (Å²) in [5, 5.41) is 12.1. The summed E-state index contributed by atoms with van der Waals surface area (Å²) in [6.45, 7) is 0. The monoisotopic (exact) mass is 247 g/mol. The van der Waals surface area contributed by atoms with Crippen LogP contribution in [0.5, 0.6) is 0 Å². The molecule has 17 heavy (non-hydrogen) atoms. The van der Waals surface area contributed by atoms with Gasteiger partial charge in [-0.2, -0.15) is 5.26 Å². The highest BCUT2D eigenvalue weighted by Crippen LogP contribution is 2.26. The van der Waals surface area contributed by atoms with Gasteiger partial charge in [-0.3, -0.25) is 0 Å². The lowest BCUT2D eigenvalue weighted by Crippen LogP contribution is -1.97. The number of nitrogens with one attached hydrogen (secondary N) is 1. The van der Waals surface area contributed by atoms with Crippen LogP contribution < -0.4 is 5.32 Å². The van der Waals surface area contributed by atoms with Gasteiger partial charge in [0.15, 0.2) is 0 Å². The molecular weight excluding hydrogens is 241 g/mol. The fourth-order valence-electron chi connectivity index (χ4n) is 1.32. The molecule has 0 amide bonds. The van der Waals surface area contributed by atoms with Gasteiger partial charge >= 0.3 is 0 Å². The van der Waals surface area contributed by atoms with Gasteiger partial charge in [0, 0.05) is 6.20 Å². The number of anilines is 2. The average Bonchev–Trinajstić information content (AvgIpc) is 2.34. The van der Waals surface area contributed by atoms with E-state index >= 15 is 0 Å². The van der Waals surface area contributed by atoms with E-state index < -0.39 is 5.82 Å². The van der Waals surface area contributed by atoms with E-state index in [4.69, 9.17) is 16.9 Å². The minimum Gasteiger partial charge on any atom is -0.338 e. The molecule has 0 saturated heterocycles. The Hall–Kier alpha value is -2.12. The van der Waals surface area contributed by atoms with E-state index in [2.05, 4.69) is 10.3 Å². The zero-order valence-electron chi connectivity index (χ0n) is 8.61. The fraction of sp³-hybridized carbons (Fsp3) is 0. The summed E-state index contributed by atoms with van der Waals surface area (Å²) in [5.74, 6) is -0.0613. The topological polar surface area (TPSA) is 48.7 Å². The Morgan fingerprint density at radius 2 is 2.18 bits per heavy atom. The Bertz CT molecular complexity index is 593. The number of hydrogen-bond acceptors (Lipinski definition) is 3. The van der Waals surface area contributed by atoms with Crippen molar-refractivity contribution in [1.82, 2.24) is 4.98 Å². The molecule has 5 heteroatoms. The second-order valence-electron chi connectivity index (χ2n) is 3.26. The maximum Gasteiger partial charge on any atom is 0.148 e. The van der Waals surface area contributed by atoms with Crippen LogP contribution in [0.3, 0.4) is 0 Å². The maximum atomic E-state index is 13.0. The summed E-state index contributed by atoms with van der Waals surface area (Å²) in [7, 11) is 0. The third kappa shape index (κ3) is 2.52. The molecule has 0 fully saturated rings. The zero-order valence-corrected chi connectivity index (χ0v) is 9.37. The average molecular weight is 248 g/mol. The highest BCUT2D eigenvalue weighted by Gasteiger charge is 2.06. The molecule has 0 aliphatic rings. The number of rotatable bonds is 2. The third-order valence-electron chi connectivity index (χ3n) is 2.11. The highest BCUT2D eigenvalue weighted by atomic mass is 35.5. The van der Waals surface area contributed by atoms with Gasteiger partial charge in [0.25, 0.3) is 0 Å². The normalized spacial score (nSPS) is 9.71. The molecule has 2 rings (SSSR count). The second-order valence-corrected chi connectivity index (χ2v) is 3.67. The molecule has 0 bridgehead atoms. The minimum atomic E-state index is -0.411. The number of hydrogen-bond donors (Lipinski definition) is 1. The van der Waals surface area contributed by atoms with Crippen LogP contribution >= 0.6 is 11.6 Å². The number of aromatic nitrogens is 1. The van der Waals surface area contributed by atoms with Gasteiger partial charge in [-0.1, -0.05) is 11.6 Å². The molecule has 0 atom stereocenters. The van der Waals surface area contributed by atoms with E-state index in [-0.39, 0.29) is 0 Å². The molecule has 3 nitrogen and oxygen atoms in total. The number of nitriles is 1. The minimum absolute atomic E-state index is 0.350. The zero-order chi connectivity index (χ0) is 12.3. The first-order valence-corrected chi connectivity index (χ1v) is 5.15. The highest BCUT2D eigenvalue weighted by molar-refractivity contribution is 6.33. The molecule has 0 aliphatic heterocycles. The molecule has 1 heterocycles. The molecule has 2 aromatic rings. The van der Waals surface area contributed by atoms with Gasteiger partial charge in [-0.25, -0.2) is 9.37 Å². The van der Waals surface area contributed by atoms with Crippen molar-refractivity contribution in [3.05, 3.63) is 52.9 Å². The van der Waals surface area contributed by atoms with E-state index in [0.29, 0.717) is 22.1 Å². The predicted octanol–water partition coefficient (Wildman–Crippen LogP) is 3.49. The largest absolute Gasteiger partial charge is 0.338 e. The molecule has 0 radical (unpaired) electrons. The fourth-order valence-corrected chi connectivity index (χ4v) is 1.48. The van der Waals surface area contributed by atoms with Crippen LogP contribution in [0.1, 0.15) is 5.56 Å². The van der Waals surface area contributed by atoms with Crippen molar-refractivity contribution in [1.29, 1.82) is 5.26 Å². The van der Waals surface area contributed by atoms with Crippen LogP contribution in [-0.2, 0) is 0 Å². The molecule has 0 spiro atoms. The summed E-state index contributed by atoms with van der Waals surface area (Å²) in [6.07, 6.45) is 1.54. The first-order valence-electron chi connectivity index (χ1n) is 4.78. The first-order chi connectivity index (χ1) is 8.20. The van der Waals surface area contributed by atoms with Crippen molar-refractivity contribution >= 4 is 23.1 Å². The van der Waals surface area contributed by atoms with Crippen molar-refractivity contribution < 1.29 is 4.39 Å². The Balaban J connectivity index is 2.38. The van der Waals surface area contributed by atoms with Crippen LogP contribution in [0.25, 0.3) is 0 Å². The summed E-state index contributed by atoms with van der Waals surface area (Å²) in [5.41, 5.74) is 0.745. The Morgan fingerprint density at radius 3 is 2.94 bits per heavy atom.